The zero-order valence-electron chi connectivity index (χ0n) is 14.3. The maximum atomic E-state index is 12.5. The van der Waals surface area contributed by atoms with Crippen LogP contribution in [0.25, 0.3) is 0 Å². The Morgan fingerprint density at radius 2 is 1.74 bits per heavy atom. The van der Waals surface area contributed by atoms with Gasteiger partial charge in [-0.1, -0.05) is 12.8 Å². The number of rotatable bonds is 4. The van der Waals surface area contributed by atoms with Crippen molar-refractivity contribution in [3.8, 4) is 0 Å². The van der Waals surface area contributed by atoms with Crippen LogP contribution in [-0.2, 0) is 16.1 Å². The lowest BCUT2D eigenvalue weighted by Crippen LogP contribution is -2.49. The van der Waals surface area contributed by atoms with E-state index in [1.54, 1.807) is 6.92 Å². The number of nitrogens with zero attached hydrogens (tertiary/aromatic N) is 2. The molecule has 7 nitrogen and oxygen atoms in total. The van der Waals surface area contributed by atoms with Crippen LogP contribution < -0.4 is 10.6 Å². The number of carbonyl (C=O) groups is 2. The van der Waals surface area contributed by atoms with E-state index in [0.29, 0.717) is 11.8 Å². The first-order chi connectivity index (χ1) is 10.8. The summed E-state index contributed by atoms with van der Waals surface area (Å²) in [5.41, 5.74) is -0.295. The van der Waals surface area contributed by atoms with Crippen LogP contribution in [0.1, 0.15) is 58.2 Å². The number of hydrogen-bond donors (Lipinski definition) is 2. The predicted octanol–water partition coefficient (Wildman–Crippen LogP) is 1.72. The lowest BCUT2D eigenvalue weighted by Gasteiger charge is -2.32. The monoisotopic (exact) mass is 322 g/mol. The Morgan fingerprint density at radius 1 is 1.13 bits per heavy atom. The van der Waals surface area contributed by atoms with Gasteiger partial charge in [-0.25, -0.2) is 0 Å². The summed E-state index contributed by atoms with van der Waals surface area (Å²) in [5.74, 6) is 0.125. The molecule has 1 aromatic rings. The molecule has 1 aromatic heterocycles. The summed E-state index contributed by atoms with van der Waals surface area (Å²) in [5, 5.41) is 13.4. The quantitative estimate of drug-likeness (QED) is 0.879. The van der Waals surface area contributed by atoms with Crippen LogP contribution in [0.4, 0.5) is 0 Å². The third-order valence-corrected chi connectivity index (χ3v) is 3.92. The summed E-state index contributed by atoms with van der Waals surface area (Å²) in [6.45, 7) is 7.73. The zero-order chi connectivity index (χ0) is 17.0. The molecule has 1 fully saturated rings. The smallest absolute Gasteiger partial charge is 0.235 e. The van der Waals surface area contributed by atoms with Crippen molar-refractivity contribution >= 4 is 11.8 Å². The third kappa shape index (κ3) is 5.04. The highest BCUT2D eigenvalue weighted by Crippen LogP contribution is 2.31. The molecule has 23 heavy (non-hydrogen) atoms. The first-order valence-electron chi connectivity index (χ1n) is 8.15. The number of aryl methyl sites for hydroxylation is 1. The molecular weight excluding hydrogens is 296 g/mol. The van der Waals surface area contributed by atoms with Crippen LogP contribution in [-0.4, -0.2) is 27.6 Å². The van der Waals surface area contributed by atoms with Crippen molar-refractivity contribution in [2.45, 2.75) is 65.5 Å². The van der Waals surface area contributed by atoms with Gasteiger partial charge in [0.25, 0.3) is 0 Å². The van der Waals surface area contributed by atoms with Crippen LogP contribution in [0, 0.1) is 18.8 Å². The summed E-state index contributed by atoms with van der Waals surface area (Å²) < 4.78 is 5.25. The van der Waals surface area contributed by atoms with Crippen LogP contribution in [0.2, 0.25) is 0 Å². The average Bonchev–Trinajstić information content (AvgIpc) is 2.88. The summed E-state index contributed by atoms with van der Waals surface area (Å²) in [6.07, 6.45) is 3.43. The van der Waals surface area contributed by atoms with Gasteiger partial charge in [0.15, 0.2) is 0 Å². The summed E-state index contributed by atoms with van der Waals surface area (Å²) >= 11 is 0. The molecule has 0 aromatic carbocycles. The van der Waals surface area contributed by atoms with Gasteiger partial charge in [0.1, 0.15) is 0 Å². The second kappa shape index (κ2) is 7.10. The SMILES string of the molecule is Cc1nnc(CNC(=O)[C@H]2CCCC[C@H]2C(=O)NC(C)(C)C)o1. The maximum Gasteiger partial charge on any atom is 0.235 e. The van der Waals surface area contributed by atoms with E-state index >= 15 is 0 Å². The largest absolute Gasteiger partial charge is 0.424 e. The molecular formula is C16H26N4O3. The molecule has 2 rings (SSSR count). The van der Waals surface area contributed by atoms with Crippen molar-refractivity contribution in [2.75, 3.05) is 0 Å². The molecule has 0 unspecified atom stereocenters. The van der Waals surface area contributed by atoms with Crippen molar-refractivity contribution in [1.29, 1.82) is 0 Å². The topological polar surface area (TPSA) is 97.1 Å². The van der Waals surface area contributed by atoms with E-state index in [1.165, 1.54) is 0 Å². The number of carbonyl (C=O) groups excluding carboxylic acids is 2. The first-order valence-corrected chi connectivity index (χ1v) is 8.15. The van der Waals surface area contributed by atoms with Gasteiger partial charge in [0.2, 0.25) is 23.6 Å². The number of hydrogen-bond acceptors (Lipinski definition) is 5. The van der Waals surface area contributed by atoms with Crippen LogP contribution in [0.3, 0.4) is 0 Å². The van der Waals surface area contributed by atoms with Gasteiger partial charge in [-0.3, -0.25) is 9.59 Å². The Labute approximate surface area is 136 Å². The average molecular weight is 322 g/mol. The molecule has 0 aliphatic heterocycles. The molecule has 1 aliphatic carbocycles. The van der Waals surface area contributed by atoms with Gasteiger partial charge in [-0.15, -0.1) is 10.2 Å². The molecule has 0 radical (unpaired) electrons. The molecule has 7 heteroatoms. The van der Waals surface area contributed by atoms with E-state index in [-0.39, 0.29) is 35.7 Å². The lowest BCUT2D eigenvalue weighted by molar-refractivity contribution is -0.137. The number of nitrogens with one attached hydrogen (secondary N) is 2. The fourth-order valence-electron chi connectivity index (χ4n) is 2.92. The van der Waals surface area contributed by atoms with E-state index in [0.717, 1.165) is 25.7 Å². The van der Waals surface area contributed by atoms with Gasteiger partial charge in [-0.2, -0.15) is 0 Å². The summed E-state index contributed by atoms with van der Waals surface area (Å²) in [4.78, 5) is 25.0. The second-order valence-corrected chi connectivity index (χ2v) is 7.17. The zero-order valence-corrected chi connectivity index (χ0v) is 14.3. The summed E-state index contributed by atoms with van der Waals surface area (Å²) in [6, 6.07) is 0. The van der Waals surface area contributed by atoms with Crippen molar-refractivity contribution in [1.82, 2.24) is 20.8 Å². The van der Waals surface area contributed by atoms with E-state index in [9.17, 15) is 9.59 Å². The van der Waals surface area contributed by atoms with Crippen molar-refractivity contribution in [2.24, 2.45) is 11.8 Å². The van der Waals surface area contributed by atoms with Gasteiger partial charge in [-0.05, 0) is 33.6 Å². The van der Waals surface area contributed by atoms with E-state index in [2.05, 4.69) is 20.8 Å². The normalized spacial score (nSPS) is 21.7. The van der Waals surface area contributed by atoms with E-state index in [4.69, 9.17) is 4.42 Å². The molecule has 2 amide bonds. The minimum atomic E-state index is -0.296. The van der Waals surface area contributed by atoms with Crippen LogP contribution in [0.15, 0.2) is 4.42 Å². The molecule has 0 spiro atoms. The summed E-state index contributed by atoms with van der Waals surface area (Å²) in [7, 11) is 0. The van der Waals surface area contributed by atoms with Crippen molar-refractivity contribution in [3.05, 3.63) is 11.8 Å². The predicted molar refractivity (Wildman–Crippen MR) is 84.2 cm³/mol. The van der Waals surface area contributed by atoms with Gasteiger partial charge in [0.05, 0.1) is 6.54 Å². The van der Waals surface area contributed by atoms with Crippen LogP contribution in [0.5, 0.6) is 0 Å². The Bertz CT molecular complexity index is 562. The molecule has 1 aliphatic rings. The fraction of sp³-hybridized carbons (Fsp3) is 0.750. The van der Waals surface area contributed by atoms with Crippen molar-refractivity contribution < 1.29 is 14.0 Å². The molecule has 0 bridgehead atoms. The molecule has 0 saturated heterocycles. The van der Waals surface area contributed by atoms with Gasteiger partial charge >= 0.3 is 0 Å². The molecule has 1 heterocycles. The third-order valence-electron chi connectivity index (χ3n) is 3.92. The van der Waals surface area contributed by atoms with Crippen molar-refractivity contribution in [3.63, 3.8) is 0 Å². The Hall–Kier alpha value is -1.92. The van der Waals surface area contributed by atoms with Crippen LogP contribution >= 0.6 is 0 Å². The second-order valence-electron chi connectivity index (χ2n) is 7.17. The fourth-order valence-corrected chi connectivity index (χ4v) is 2.92. The molecule has 128 valence electrons. The Morgan fingerprint density at radius 3 is 2.26 bits per heavy atom. The standard InChI is InChI=1S/C16H26N4O3/c1-10-19-20-13(23-10)9-17-14(21)11-7-5-6-8-12(11)15(22)18-16(2,3)4/h11-12H,5-9H2,1-4H3,(H,17,21)(H,18,22)/t11-,12+/m0/s1. The molecule has 2 atom stereocenters. The minimum Gasteiger partial charge on any atom is -0.424 e. The Kier molecular flexibility index (Phi) is 5.38. The highest BCUT2D eigenvalue weighted by Gasteiger charge is 2.36. The Balaban J connectivity index is 1.96. The van der Waals surface area contributed by atoms with Gasteiger partial charge < -0.3 is 15.1 Å². The lowest BCUT2D eigenvalue weighted by atomic mass is 9.77. The first kappa shape index (κ1) is 17.4. The van der Waals surface area contributed by atoms with Gasteiger partial charge in [0, 0.05) is 24.3 Å². The maximum absolute atomic E-state index is 12.5. The van der Waals surface area contributed by atoms with E-state index < -0.39 is 0 Å². The number of aromatic nitrogens is 2. The molecule has 2 N–H and O–H groups in total. The minimum absolute atomic E-state index is 0.0361. The van der Waals surface area contributed by atoms with E-state index in [1.807, 2.05) is 20.8 Å². The molecule has 1 saturated carbocycles. The number of amides is 2. The highest BCUT2D eigenvalue weighted by atomic mass is 16.4. The highest BCUT2D eigenvalue weighted by molar-refractivity contribution is 5.88.